The highest BCUT2D eigenvalue weighted by Crippen LogP contribution is 2.36. The molecule has 3 aromatic carbocycles. The SMILES string of the molecule is CCCN(Cc1ccccc1)N1C(=O)c2cccc(-c3ccc4c(c3)CCC4)c2C1=O. The molecule has 0 N–H and O–H groups in total. The van der Waals surface area contributed by atoms with Crippen LogP contribution in [-0.2, 0) is 19.4 Å². The lowest BCUT2D eigenvalue weighted by Gasteiger charge is -2.29. The Bertz CT molecular complexity index is 1150. The third-order valence-corrected chi connectivity index (χ3v) is 6.28. The number of hydrogen-bond acceptors (Lipinski definition) is 3. The van der Waals surface area contributed by atoms with Crippen molar-refractivity contribution in [2.45, 2.75) is 39.2 Å². The fourth-order valence-corrected chi connectivity index (χ4v) is 4.81. The van der Waals surface area contributed by atoms with Gasteiger partial charge in [0.1, 0.15) is 0 Å². The van der Waals surface area contributed by atoms with E-state index in [2.05, 4.69) is 25.1 Å². The van der Waals surface area contributed by atoms with Gasteiger partial charge in [-0.3, -0.25) is 9.59 Å². The Labute approximate surface area is 183 Å². The van der Waals surface area contributed by atoms with Crippen molar-refractivity contribution in [1.29, 1.82) is 0 Å². The van der Waals surface area contributed by atoms with Crippen LogP contribution in [0.2, 0.25) is 0 Å². The molecule has 0 bridgehead atoms. The summed E-state index contributed by atoms with van der Waals surface area (Å²) in [5, 5.41) is 3.24. The van der Waals surface area contributed by atoms with E-state index >= 15 is 0 Å². The predicted molar refractivity (Wildman–Crippen MR) is 122 cm³/mol. The molecule has 0 saturated carbocycles. The molecule has 2 aliphatic rings. The summed E-state index contributed by atoms with van der Waals surface area (Å²) in [6.07, 6.45) is 4.23. The minimum Gasteiger partial charge on any atom is -0.267 e. The lowest BCUT2D eigenvalue weighted by molar-refractivity contribution is -0.00269. The van der Waals surface area contributed by atoms with E-state index in [1.54, 1.807) is 6.07 Å². The number of imide groups is 1. The predicted octanol–water partition coefficient (Wildman–Crippen LogP) is 5.27. The molecule has 3 aromatic rings. The van der Waals surface area contributed by atoms with Gasteiger partial charge in [-0.15, -0.1) is 0 Å². The van der Waals surface area contributed by atoms with Crippen LogP contribution in [0.1, 0.15) is 57.2 Å². The number of carbonyl (C=O) groups excluding carboxylic acids is 2. The van der Waals surface area contributed by atoms with Gasteiger partial charge in [0.15, 0.2) is 0 Å². The van der Waals surface area contributed by atoms with Gasteiger partial charge >= 0.3 is 0 Å². The van der Waals surface area contributed by atoms with Crippen LogP contribution in [0.4, 0.5) is 0 Å². The van der Waals surface area contributed by atoms with E-state index in [0.717, 1.165) is 36.0 Å². The third kappa shape index (κ3) is 3.47. The van der Waals surface area contributed by atoms with Gasteiger partial charge in [0.2, 0.25) is 0 Å². The standard InChI is InChI=1S/C27H26N2O2/c1-2-16-28(18-19-8-4-3-5-9-19)29-26(30)24-13-7-12-23(25(24)27(29)31)22-15-14-20-10-6-11-21(20)17-22/h3-5,7-9,12-15,17H,2,6,10-11,16,18H2,1H3. The molecular weight excluding hydrogens is 384 g/mol. The van der Waals surface area contributed by atoms with Gasteiger partial charge in [-0.05, 0) is 59.6 Å². The van der Waals surface area contributed by atoms with E-state index < -0.39 is 0 Å². The Kier molecular flexibility index (Phi) is 5.16. The molecular formula is C27H26N2O2. The number of benzene rings is 3. The second kappa shape index (κ2) is 8.12. The second-order valence-electron chi connectivity index (χ2n) is 8.36. The first-order chi connectivity index (χ1) is 15.2. The van der Waals surface area contributed by atoms with Gasteiger partial charge in [-0.1, -0.05) is 67.6 Å². The highest BCUT2D eigenvalue weighted by molar-refractivity contribution is 6.23. The summed E-state index contributed by atoms with van der Waals surface area (Å²) in [6.45, 7) is 3.22. The summed E-state index contributed by atoms with van der Waals surface area (Å²) in [7, 11) is 0. The fourth-order valence-electron chi connectivity index (χ4n) is 4.81. The topological polar surface area (TPSA) is 40.6 Å². The summed E-state index contributed by atoms with van der Waals surface area (Å²) in [4.78, 5) is 27.0. The van der Waals surface area contributed by atoms with Crippen LogP contribution in [0.5, 0.6) is 0 Å². The number of amides is 2. The van der Waals surface area contributed by atoms with Gasteiger partial charge in [0.05, 0.1) is 11.1 Å². The number of hydrazine groups is 1. The molecule has 1 aliphatic heterocycles. The van der Waals surface area contributed by atoms with Crippen molar-refractivity contribution in [1.82, 2.24) is 10.0 Å². The van der Waals surface area contributed by atoms with E-state index in [9.17, 15) is 9.59 Å². The van der Waals surface area contributed by atoms with Gasteiger partial charge in [-0.25, -0.2) is 10.0 Å². The molecule has 5 rings (SSSR count). The molecule has 0 aromatic heterocycles. The van der Waals surface area contributed by atoms with Crippen molar-refractivity contribution in [3.8, 4) is 11.1 Å². The first-order valence-electron chi connectivity index (χ1n) is 11.1. The van der Waals surface area contributed by atoms with Crippen molar-refractivity contribution >= 4 is 11.8 Å². The van der Waals surface area contributed by atoms with Crippen molar-refractivity contribution in [3.63, 3.8) is 0 Å². The van der Waals surface area contributed by atoms with Crippen LogP contribution in [0.15, 0.2) is 66.7 Å². The maximum Gasteiger partial charge on any atom is 0.276 e. The fraction of sp³-hybridized carbons (Fsp3) is 0.259. The Morgan fingerprint density at radius 1 is 0.839 bits per heavy atom. The molecule has 156 valence electrons. The van der Waals surface area contributed by atoms with Crippen LogP contribution in [0.25, 0.3) is 11.1 Å². The Hall–Kier alpha value is -3.24. The number of nitrogens with zero attached hydrogens (tertiary/aromatic N) is 2. The molecule has 1 heterocycles. The molecule has 1 aliphatic carbocycles. The largest absolute Gasteiger partial charge is 0.276 e. The first kappa shape index (κ1) is 19.7. The van der Waals surface area contributed by atoms with Crippen LogP contribution >= 0.6 is 0 Å². The average Bonchev–Trinajstić information content (AvgIpc) is 3.36. The van der Waals surface area contributed by atoms with Crippen molar-refractivity contribution in [2.24, 2.45) is 0 Å². The molecule has 2 amide bonds. The number of fused-ring (bicyclic) bond motifs is 2. The smallest absolute Gasteiger partial charge is 0.267 e. The maximum absolute atomic E-state index is 13.6. The lowest BCUT2D eigenvalue weighted by atomic mass is 9.94. The van der Waals surface area contributed by atoms with Crippen LogP contribution in [0.3, 0.4) is 0 Å². The van der Waals surface area contributed by atoms with Gasteiger partial charge < -0.3 is 0 Å². The minimum atomic E-state index is -0.229. The van der Waals surface area contributed by atoms with Gasteiger partial charge in [-0.2, -0.15) is 0 Å². The van der Waals surface area contributed by atoms with Crippen LogP contribution in [0, 0.1) is 0 Å². The number of rotatable bonds is 6. The average molecular weight is 411 g/mol. The summed E-state index contributed by atoms with van der Waals surface area (Å²) in [6, 6.07) is 22.1. The van der Waals surface area contributed by atoms with Crippen molar-refractivity contribution < 1.29 is 9.59 Å². The molecule has 0 saturated heterocycles. The number of aryl methyl sites for hydroxylation is 2. The molecule has 31 heavy (non-hydrogen) atoms. The summed E-state index contributed by atoms with van der Waals surface area (Å²) in [5.41, 5.74) is 6.73. The van der Waals surface area contributed by atoms with Crippen LogP contribution in [-0.4, -0.2) is 28.4 Å². The van der Waals surface area contributed by atoms with Gasteiger partial charge in [0, 0.05) is 13.1 Å². The molecule has 0 unspecified atom stereocenters. The molecule has 0 spiro atoms. The normalized spacial score (nSPS) is 15.0. The Balaban J connectivity index is 1.53. The molecule has 0 radical (unpaired) electrons. The first-order valence-corrected chi connectivity index (χ1v) is 11.1. The zero-order valence-electron chi connectivity index (χ0n) is 17.8. The van der Waals surface area contributed by atoms with E-state index in [1.165, 1.54) is 22.6 Å². The second-order valence-corrected chi connectivity index (χ2v) is 8.36. The third-order valence-electron chi connectivity index (χ3n) is 6.28. The zero-order valence-corrected chi connectivity index (χ0v) is 17.8. The highest BCUT2D eigenvalue weighted by atomic mass is 16.2. The monoisotopic (exact) mass is 410 g/mol. The molecule has 4 nitrogen and oxygen atoms in total. The maximum atomic E-state index is 13.6. The van der Waals surface area contributed by atoms with Gasteiger partial charge in [0.25, 0.3) is 11.8 Å². The van der Waals surface area contributed by atoms with E-state index in [0.29, 0.717) is 24.2 Å². The van der Waals surface area contributed by atoms with E-state index in [1.807, 2.05) is 47.5 Å². The molecule has 0 atom stereocenters. The Morgan fingerprint density at radius 3 is 2.42 bits per heavy atom. The Morgan fingerprint density at radius 2 is 1.61 bits per heavy atom. The zero-order chi connectivity index (χ0) is 21.4. The lowest BCUT2D eigenvalue weighted by Crippen LogP contribution is -2.46. The molecule has 4 heteroatoms. The summed E-state index contributed by atoms with van der Waals surface area (Å²) in [5.74, 6) is -0.451. The van der Waals surface area contributed by atoms with E-state index in [4.69, 9.17) is 0 Å². The number of carbonyl (C=O) groups is 2. The van der Waals surface area contributed by atoms with Crippen molar-refractivity contribution in [3.05, 3.63) is 94.5 Å². The quantitative estimate of drug-likeness (QED) is 0.520. The van der Waals surface area contributed by atoms with Crippen LogP contribution < -0.4 is 0 Å². The summed E-state index contributed by atoms with van der Waals surface area (Å²) >= 11 is 0. The number of hydrogen-bond donors (Lipinski definition) is 0. The minimum absolute atomic E-state index is 0.222. The van der Waals surface area contributed by atoms with Crippen molar-refractivity contribution in [2.75, 3.05) is 6.54 Å². The molecule has 0 fully saturated rings. The van der Waals surface area contributed by atoms with E-state index in [-0.39, 0.29) is 11.8 Å². The summed E-state index contributed by atoms with van der Waals surface area (Å²) < 4.78 is 0. The highest BCUT2D eigenvalue weighted by Gasteiger charge is 2.41.